The minimum Gasteiger partial charge on any atom is -0.480 e. The summed E-state index contributed by atoms with van der Waals surface area (Å²) in [6.45, 7) is 16.5. The molecule has 4 rings (SSSR count). The molecule has 0 saturated carbocycles. The molecule has 0 radical (unpaired) electrons. The Kier molecular flexibility index (Phi) is 8.49. The third-order valence-electron chi connectivity index (χ3n) is 6.33. The van der Waals surface area contributed by atoms with Gasteiger partial charge < -0.3 is 23.3 Å². The van der Waals surface area contributed by atoms with Gasteiger partial charge in [0.25, 0.3) is 0 Å². The number of pyridine rings is 2. The lowest BCUT2D eigenvalue weighted by atomic mass is 10.1. The van der Waals surface area contributed by atoms with E-state index in [0.29, 0.717) is 24.5 Å². The maximum Gasteiger partial charge on any atom is 0.223 e. The molecule has 0 N–H and O–H groups in total. The van der Waals surface area contributed by atoms with Crippen molar-refractivity contribution in [1.29, 1.82) is 0 Å². The Balaban J connectivity index is 1.64. The van der Waals surface area contributed by atoms with E-state index in [1.165, 1.54) is 0 Å². The molecule has 200 valence electrons. The lowest BCUT2D eigenvalue weighted by Gasteiger charge is -2.16. The van der Waals surface area contributed by atoms with Crippen LogP contribution < -0.4 is 4.74 Å². The number of rotatable bonds is 12. The van der Waals surface area contributed by atoms with Crippen LogP contribution in [0.4, 0.5) is 0 Å². The van der Waals surface area contributed by atoms with Crippen LogP contribution in [0.5, 0.6) is 5.88 Å². The lowest BCUT2D eigenvalue weighted by molar-refractivity contribution is 0.0897. The van der Waals surface area contributed by atoms with E-state index in [0.717, 1.165) is 58.5 Å². The molecule has 0 fully saturated rings. The molecule has 7 nitrogen and oxygen atoms in total. The molecule has 0 amide bonds. The first-order valence-electron chi connectivity index (χ1n) is 12.8. The fourth-order valence-electron chi connectivity index (χ4n) is 4.09. The number of halogens is 1. The number of methoxy groups -OCH3 is 1. The molecule has 4 heterocycles. The number of hydrogen-bond acceptors (Lipinski definition) is 5. The van der Waals surface area contributed by atoms with Gasteiger partial charge >= 0.3 is 0 Å². The van der Waals surface area contributed by atoms with Gasteiger partial charge in [0.2, 0.25) is 5.88 Å². The number of hydrogen-bond donors (Lipinski definition) is 0. The smallest absolute Gasteiger partial charge is 0.223 e. The quantitative estimate of drug-likeness (QED) is 0.103. The number of aromatic nitrogens is 4. The lowest BCUT2D eigenvalue weighted by Crippen LogP contribution is -2.22. The molecule has 0 bridgehead atoms. The molecular formula is C27H39ClN4O3Si2. The Morgan fingerprint density at radius 2 is 1.46 bits per heavy atom. The Hall–Kier alpha value is -2.18. The summed E-state index contributed by atoms with van der Waals surface area (Å²) < 4.78 is 21.8. The van der Waals surface area contributed by atoms with Crippen molar-refractivity contribution in [1.82, 2.24) is 19.1 Å². The summed E-state index contributed by atoms with van der Waals surface area (Å²) in [5.41, 5.74) is 3.51. The zero-order valence-corrected chi connectivity index (χ0v) is 25.9. The Morgan fingerprint density at radius 1 is 0.811 bits per heavy atom. The molecule has 10 heteroatoms. The highest BCUT2D eigenvalue weighted by atomic mass is 35.5. The van der Waals surface area contributed by atoms with Gasteiger partial charge in [0.15, 0.2) is 0 Å². The summed E-state index contributed by atoms with van der Waals surface area (Å²) in [7, 11) is -0.639. The molecule has 0 aliphatic heterocycles. The van der Waals surface area contributed by atoms with Crippen LogP contribution in [0.3, 0.4) is 0 Å². The molecule has 37 heavy (non-hydrogen) atoms. The molecule has 0 aromatic carbocycles. The summed E-state index contributed by atoms with van der Waals surface area (Å²) in [4.78, 5) is 9.49. The monoisotopic (exact) mass is 558 g/mol. The third-order valence-corrected chi connectivity index (χ3v) is 9.95. The molecule has 0 aliphatic rings. The number of fused-ring (bicyclic) bond motifs is 2. The van der Waals surface area contributed by atoms with Gasteiger partial charge in [-0.2, -0.15) is 4.98 Å². The summed E-state index contributed by atoms with van der Waals surface area (Å²) in [6, 6.07) is 10.3. The minimum atomic E-state index is -1.17. The average molecular weight is 559 g/mol. The normalized spacial score (nSPS) is 12.6. The van der Waals surface area contributed by atoms with E-state index in [4.69, 9.17) is 30.8 Å². The van der Waals surface area contributed by atoms with Gasteiger partial charge in [-0.05, 0) is 36.4 Å². The standard InChI is InChI=1S/C27H39ClN4O3Si2/c1-33-27-22(16-20-10-11-31(25(20)30-27)18-34-12-14-36(2,3)4)23-17-32(19-35-13-15-37(5,6)7)26-21(23)8-9-24(28)29-26/h8-11,16-17H,12-15,18-19H2,1-7H3. The fourth-order valence-corrected chi connectivity index (χ4v) is 5.74. The Bertz CT molecular complexity index is 1370. The van der Waals surface area contributed by atoms with E-state index >= 15 is 0 Å². The van der Waals surface area contributed by atoms with Gasteiger partial charge in [-0.15, -0.1) is 0 Å². The zero-order valence-electron chi connectivity index (χ0n) is 23.1. The molecule has 4 aromatic rings. The number of nitrogens with zero attached hydrogens (tertiary/aromatic N) is 4. The van der Waals surface area contributed by atoms with Gasteiger partial charge in [-0.3, -0.25) is 0 Å². The van der Waals surface area contributed by atoms with Gasteiger partial charge in [0, 0.05) is 63.7 Å². The van der Waals surface area contributed by atoms with E-state index in [-0.39, 0.29) is 0 Å². The molecule has 4 aromatic heterocycles. The molecule has 0 atom stereocenters. The molecule has 0 aliphatic carbocycles. The average Bonchev–Trinajstić information content (AvgIpc) is 3.38. The van der Waals surface area contributed by atoms with E-state index < -0.39 is 16.1 Å². The van der Waals surface area contributed by atoms with Crippen LogP contribution in [-0.2, 0) is 22.9 Å². The van der Waals surface area contributed by atoms with Gasteiger partial charge in [0.1, 0.15) is 29.9 Å². The topological polar surface area (TPSA) is 63.3 Å². The van der Waals surface area contributed by atoms with E-state index in [1.54, 1.807) is 7.11 Å². The van der Waals surface area contributed by atoms with Crippen LogP contribution >= 0.6 is 11.6 Å². The number of ether oxygens (including phenoxy) is 3. The van der Waals surface area contributed by atoms with Crippen molar-refractivity contribution < 1.29 is 14.2 Å². The molecule has 0 saturated heterocycles. The minimum absolute atomic E-state index is 0.414. The largest absolute Gasteiger partial charge is 0.480 e. The van der Waals surface area contributed by atoms with Crippen LogP contribution in [0.2, 0.25) is 56.5 Å². The predicted octanol–water partition coefficient (Wildman–Crippen LogP) is 7.34. The van der Waals surface area contributed by atoms with Gasteiger partial charge in [-0.25, -0.2) is 4.98 Å². The molecule has 0 spiro atoms. The van der Waals surface area contributed by atoms with Crippen molar-refractivity contribution >= 4 is 49.8 Å². The maximum absolute atomic E-state index is 6.27. The molecular weight excluding hydrogens is 520 g/mol. The fraction of sp³-hybridized carbons (Fsp3) is 0.481. The second-order valence-corrected chi connectivity index (χ2v) is 23.6. The van der Waals surface area contributed by atoms with Crippen LogP contribution in [0.1, 0.15) is 0 Å². The first kappa shape index (κ1) is 27.8. The van der Waals surface area contributed by atoms with Crippen molar-refractivity contribution in [2.24, 2.45) is 0 Å². The second kappa shape index (κ2) is 11.3. The third kappa shape index (κ3) is 7.03. The first-order valence-corrected chi connectivity index (χ1v) is 20.6. The van der Waals surface area contributed by atoms with Gasteiger partial charge in [-0.1, -0.05) is 50.9 Å². The second-order valence-electron chi connectivity index (χ2n) is 12.0. The van der Waals surface area contributed by atoms with Crippen molar-refractivity contribution in [3.63, 3.8) is 0 Å². The molecule has 0 unspecified atom stereocenters. The van der Waals surface area contributed by atoms with Crippen molar-refractivity contribution in [2.45, 2.75) is 64.8 Å². The predicted molar refractivity (Wildman–Crippen MR) is 158 cm³/mol. The van der Waals surface area contributed by atoms with E-state index in [2.05, 4.69) is 62.6 Å². The van der Waals surface area contributed by atoms with Crippen molar-refractivity contribution in [3.8, 4) is 17.0 Å². The highest BCUT2D eigenvalue weighted by Crippen LogP contribution is 2.37. The summed E-state index contributed by atoms with van der Waals surface area (Å²) in [5.74, 6) is 0.559. The first-order chi connectivity index (χ1) is 17.4. The van der Waals surface area contributed by atoms with Crippen molar-refractivity contribution in [2.75, 3.05) is 20.3 Å². The highest BCUT2D eigenvalue weighted by Gasteiger charge is 2.19. The SMILES string of the molecule is COc1nc2c(ccn2COCC[Si](C)(C)C)cc1-c1cn(COCC[Si](C)(C)C)c2nc(Cl)ccc12. The highest BCUT2D eigenvalue weighted by molar-refractivity contribution is 6.76. The Morgan fingerprint density at radius 3 is 2.08 bits per heavy atom. The van der Waals surface area contributed by atoms with Crippen LogP contribution in [0.15, 0.2) is 36.7 Å². The van der Waals surface area contributed by atoms with E-state index in [1.807, 2.05) is 27.5 Å². The maximum atomic E-state index is 6.27. The van der Waals surface area contributed by atoms with Crippen LogP contribution in [-0.4, -0.2) is 55.6 Å². The Labute approximate surface area is 226 Å². The van der Waals surface area contributed by atoms with Crippen LogP contribution in [0, 0.1) is 0 Å². The summed E-state index contributed by atoms with van der Waals surface area (Å²) in [6.07, 6.45) is 4.08. The van der Waals surface area contributed by atoms with Crippen LogP contribution in [0.25, 0.3) is 33.2 Å². The summed E-state index contributed by atoms with van der Waals surface area (Å²) >= 11 is 6.27. The van der Waals surface area contributed by atoms with E-state index in [9.17, 15) is 0 Å². The van der Waals surface area contributed by atoms with Gasteiger partial charge in [0.05, 0.1) is 7.11 Å². The summed E-state index contributed by atoms with van der Waals surface area (Å²) in [5, 5.41) is 2.46. The zero-order chi connectivity index (χ0) is 26.8. The van der Waals surface area contributed by atoms with Crippen molar-refractivity contribution in [3.05, 3.63) is 41.8 Å².